The molecule has 0 heterocycles. The first-order chi connectivity index (χ1) is 8.41. The summed E-state index contributed by atoms with van der Waals surface area (Å²) in [6, 6.07) is 0. The standard InChI is InChI=1S/C16H35N.ClH/c1-2-3-4-5-6-7-8-9-10-11-12-13-14-15-16-17;/h2-17H2,1H3;1H/p-1. The van der Waals surface area contributed by atoms with E-state index < -0.39 is 0 Å². The summed E-state index contributed by atoms with van der Waals surface area (Å²) in [6.45, 7) is 3.16. The minimum absolute atomic E-state index is 0. The van der Waals surface area contributed by atoms with E-state index in [4.69, 9.17) is 5.73 Å². The summed E-state index contributed by atoms with van der Waals surface area (Å²) in [4.78, 5) is 0. The predicted molar refractivity (Wildman–Crippen MR) is 79.4 cm³/mol. The van der Waals surface area contributed by atoms with Crippen LogP contribution in [0.25, 0.3) is 0 Å². The van der Waals surface area contributed by atoms with Gasteiger partial charge in [0.25, 0.3) is 0 Å². The van der Waals surface area contributed by atoms with Crippen LogP contribution in [0.2, 0.25) is 0 Å². The molecule has 0 unspecified atom stereocenters. The first-order valence-electron chi connectivity index (χ1n) is 8.12. The Bertz CT molecular complexity index is 114. The van der Waals surface area contributed by atoms with Gasteiger partial charge in [-0.05, 0) is 13.0 Å². The zero-order valence-electron chi connectivity index (χ0n) is 12.6. The minimum atomic E-state index is 0. The first kappa shape index (κ1) is 20.6. The number of rotatable bonds is 14. The van der Waals surface area contributed by atoms with Crippen molar-refractivity contribution in [2.75, 3.05) is 6.54 Å². The Labute approximate surface area is 122 Å². The highest BCUT2D eigenvalue weighted by atomic mass is 35.5. The first-order valence-corrected chi connectivity index (χ1v) is 8.12. The molecule has 0 saturated heterocycles. The molecule has 2 N–H and O–H groups in total. The van der Waals surface area contributed by atoms with E-state index >= 15 is 0 Å². The molecule has 112 valence electrons. The van der Waals surface area contributed by atoms with Gasteiger partial charge >= 0.3 is 0 Å². The second-order valence-corrected chi connectivity index (χ2v) is 5.38. The molecule has 0 amide bonds. The summed E-state index contributed by atoms with van der Waals surface area (Å²) in [5, 5.41) is 0. The van der Waals surface area contributed by atoms with Crippen LogP contribution >= 0.6 is 0 Å². The van der Waals surface area contributed by atoms with Crippen molar-refractivity contribution in [1.29, 1.82) is 0 Å². The van der Waals surface area contributed by atoms with Crippen molar-refractivity contribution in [2.45, 2.75) is 96.8 Å². The fourth-order valence-corrected chi connectivity index (χ4v) is 2.34. The van der Waals surface area contributed by atoms with Gasteiger partial charge in [0.05, 0.1) is 0 Å². The van der Waals surface area contributed by atoms with Crippen LogP contribution in [0.3, 0.4) is 0 Å². The van der Waals surface area contributed by atoms with Gasteiger partial charge in [0.2, 0.25) is 0 Å². The molecular weight excluding hydrogens is 242 g/mol. The van der Waals surface area contributed by atoms with E-state index in [2.05, 4.69) is 6.92 Å². The quantitative estimate of drug-likeness (QED) is 0.485. The maximum absolute atomic E-state index is 5.47. The number of hydrogen-bond donors (Lipinski definition) is 1. The van der Waals surface area contributed by atoms with Crippen molar-refractivity contribution >= 4 is 0 Å². The van der Waals surface area contributed by atoms with Crippen molar-refractivity contribution in [3.05, 3.63) is 0 Å². The average Bonchev–Trinajstić information content (AvgIpc) is 2.35. The third-order valence-electron chi connectivity index (χ3n) is 3.56. The Morgan fingerprint density at radius 2 is 0.778 bits per heavy atom. The molecule has 0 radical (unpaired) electrons. The van der Waals surface area contributed by atoms with Crippen LogP contribution < -0.4 is 18.1 Å². The van der Waals surface area contributed by atoms with Crippen LogP contribution in [0.5, 0.6) is 0 Å². The monoisotopic (exact) mass is 276 g/mol. The molecule has 0 atom stereocenters. The molecule has 2 heteroatoms. The van der Waals surface area contributed by atoms with Crippen LogP contribution in [0.1, 0.15) is 96.8 Å². The molecule has 18 heavy (non-hydrogen) atoms. The van der Waals surface area contributed by atoms with Crippen molar-refractivity contribution < 1.29 is 12.4 Å². The van der Waals surface area contributed by atoms with Crippen LogP contribution in [0.4, 0.5) is 0 Å². The van der Waals surface area contributed by atoms with Crippen molar-refractivity contribution in [1.82, 2.24) is 0 Å². The molecule has 0 aromatic rings. The van der Waals surface area contributed by atoms with Gasteiger partial charge in [0.15, 0.2) is 0 Å². The van der Waals surface area contributed by atoms with Gasteiger partial charge < -0.3 is 18.1 Å². The lowest BCUT2D eigenvalue weighted by Crippen LogP contribution is -3.00. The van der Waals surface area contributed by atoms with Crippen LogP contribution in [-0.2, 0) is 0 Å². The molecule has 0 aromatic carbocycles. The highest BCUT2D eigenvalue weighted by Crippen LogP contribution is 2.12. The van der Waals surface area contributed by atoms with Gasteiger partial charge in [0, 0.05) is 0 Å². The Hall–Kier alpha value is 0.250. The van der Waals surface area contributed by atoms with Gasteiger partial charge in [-0.3, -0.25) is 0 Å². The summed E-state index contributed by atoms with van der Waals surface area (Å²) in [7, 11) is 0. The van der Waals surface area contributed by atoms with E-state index in [1.54, 1.807) is 0 Å². The predicted octanol–water partition coefficient (Wildman–Crippen LogP) is 2.43. The van der Waals surface area contributed by atoms with E-state index in [9.17, 15) is 0 Å². The Morgan fingerprint density at radius 3 is 1.06 bits per heavy atom. The van der Waals surface area contributed by atoms with E-state index in [0.29, 0.717) is 0 Å². The maximum atomic E-state index is 5.47. The highest BCUT2D eigenvalue weighted by molar-refractivity contribution is 4.49. The lowest BCUT2D eigenvalue weighted by Gasteiger charge is -2.02. The molecule has 1 nitrogen and oxygen atoms in total. The topological polar surface area (TPSA) is 26.0 Å². The van der Waals surface area contributed by atoms with E-state index in [1.165, 1.54) is 89.9 Å². The summed E-state index contributed by atoms with van der Waals surface area (Å²) in [5.74, 6) is 0. The van der Waals surface area contributed by atoms with E-state index in [1.807, 2.05) is 0 Å². The molecule has 0 aromatic heterocycles. The van der Waals surface area contributed by atoms with Gasteiger partial charge in [0.1, 0.15) is 0 Å². The highest BCUT2D eigenvalue weighted by Gasteiger charge is 1.93. The second-order valence-electron chi connectivity index (χ2n) is 5.38. The SMILES string of the molecule is CCCCCCCCCCCCCCCCN.[Cl-]. The van der Waals surface area contributed by atoms with Crippen LogP contribution in [-0.4, -0.2) is 6.54 Å². The molecule has 0 fully saturated rings. The summed E-state index contributed by atoms with van der Waals surface area (Å²) in [6.07, 6.45) is 19.9. The number of halogens is 1. The maximum Gasteiger partial charge on any atom is -0.00773 e. The van der Waals surface area contributed by atoms with Crippen LogP contribution in [0, 0.1) is 0 Å². The third-order valence-corrected chi connectivity index (χ3v) is 3.56. The van der Waals surface area contributed by atoms with Gasteiger partial charge in [-0.2, -0.15) is 0 Å². The Morgan fingerprint density at radius 1 is 0.500 bits per heavy atom. The lowest BCUT2D eigenvalue weighted by atomic mass is 10.0. The molecular formula is C16H35ClN-. The Kier molecular flexibility index (Phi) is 22.4. The van der Waals surface area contributed by atoms with Crippen molar-refractivity contribution in [2.24, 2.45) is 5.73 Å². The molecule has 0 aliphatic heterocycles. The third kappa shape index (κ3) is 18.6. The number of unbranched alkanes of at least 4 members (excludes halogenated alkanes) is 13. The van der Waals surface area contributed by atoms with Gasteiger partial charge in [-0.15, -0.1) is 0 Å². The summed E-state index contributed by atoms with van der Waals surface area (Å²) in [5.41, 5.74) is 5.47. The largest absolute Gasteiger partial charge is 1.00 e. The van der Waals surface area contributed by atoms with E-state index in [0.717, 1.165) is 6.54 Å². The van der Waals surface area contributed by atoms with Gasteiger partial charge in [-0.25, -0.2) is 0 Å². The van der Waals surface area contributed by atoms with Crippen molar-refractivity contribution in [3.8, 4) is 0 Å². The lowest BCUT2D eigenvalue weighted by molar-refractivity contribution is -0.00000394. The van der Waals surface area contributed by atoms with Crippen LogP contribution in [0.15, 0.2) is 0 Å². The van der Waals surface area contributed by atoms with Gasteiger partial charge in [-0.1, -0.05) is 90.4 Å². The molecule has 0 spiro atoms. The zero-order valence-corrected chi connectivity index (χ0v) is 13.3. The fourth-order valence-electron chi connectivity index (χ4n) is 2.34. The smallest absolute Gasteiger partial charge is 0.00773 e. The summed E-state index contributed by atoms with van der Waals surface area (Å²) < 4.78 is 0. The van der Waals surface area contributed by atoms with E-state index in [-0.39, 0.29) is 12.4 Å². The molecule has 0 saturated carbocycles. The fraction of sp³-hybridized carbons (Fsp3) is 1.00. The molecule has 0 bridgehead atoms. The molecule has 0 rings (SSSR count). The average molecular weight is 277 g/mol. The normalized spacial score (nSPS) is 10.3. The summed E-state index contributed by atoms with van der Waals surface area (Å²) >= 11 is 0. The number of nitrogens with two attached hydrogens (primary N) is 1. The molecule has 0 aliphatic carbocycles. The van der Waals surface area contributed by atoms with Crippen molar-refractivity contribution in [3.63, 3.8) is 0 Å². The molecule has 0 aliphatic rings. The second kappa shape index (κ2) is 19.6. The minimum Gasteiger partial charge on any atom is -1.00 e. The zero-order chi connectivity index (χ0) is 12.6. The Balaban J connectivity index is 0. The number of hydrogen-bond acceptors (Lipinski definition) is 1.